The lowest BCUT2D eigenvalue weighted by atomic mass is 10.1. The van der Waals surface area contributed by atoms with E-state index in [9.17, 15) is 4.79 Å². The van der Waals surface area contributed by atoms with Crippen molar-refractivity contribution in [3.8, 4) is 0 Å². The number of aliphatic hydroxyl groups is 1. The van der Waals surface area contributed by atoms with Crippen LogP contribution >= 0.6 is 0 Å². The minimum atomic E-state index is -0.154. The molecule has 0 aliphatic heterocycles. The van der Waals surface area contributed by atoms with Gasteiger partial charge in [-0.15, -0.1) is 0 Å². The molecule has 0 aromatic heterocycles. The van der Waals surface area contributed by atoms with Gasteiger partial charge in [-0.3, -0.25) is 4.79 Å². The number of carbonyl (C=O) groups is 1. The third-order valence-electron chi connectivity index (χ3n) is 2.10. The van der Waals surface area contributed by atoms with Gasteiger partial charge in [-0.25, -0.2) is 0 Å². The molecule has 84 valence electrons. The van der Waals surface area contributed by atoms with E-state index in [0.29, 0.717) is 12.8 Å². The molecule has 3 heteroatoms. The maximum Gasteiger partial charge on any atom is 0.306 e. The van der Waals surface area contributed by atoms with E-state index in [4.69, 9.17) is 9.84 Å². The predicted molar refractivity (Wildman–Crippen MR) is 56.0 cm³/mol. The van der Waals surface area contributed by atoms with E-state index in [-0.39, 0.29) is 18.7 Å². The summed E-state index contributed by atoms with van der Waals surface area (Å²) in [6, 6.07) is 0. The zero-order valence-corrected chi connectivity index (χ0v) is 9.29. The van der Waals surface area contributed by atoms with Gasteiger partial charge < -0.3 is 9.84 Å². The first kappa shape index (κ1) is 13.4. The minimum absolute atomic E-state index is 0.0737. The first-order valence-corrected chi connectivity index (χ1v) is 5.51. The summed E-state index contributed by atoms with van der Waals surface area (Å²) in [7, 11) is 0. The number of hydrogen-bond donors (Lipinski definition) is 1. The van der Waals surface area contributed by atoms with Crippen LogP contribution in [0.5, 0.6) is 0 Å². The Balaban J connectivity index is 3.35. The lowest BCUT2D eigenvalue weighted by Crippen LogP contribution is -2.15. The first-order valence-electron chi connectivity index (χ1n) is 5.51. The van der Waals surface area contributed by atoms with Crippen LogP contribution in [0.3, 0.4) is 0 Å². The van der Waals surface area contributed by atoms with Crippen LogP contribution in [0.25, 0.3) is 0 Å². The van der Waals surface area contributed by atoms with Gasteiger partial charge in [0.15, 0.2) is 0 Å². The van der Waals surface area contributed by atoms with E-state index in [1.165, 1.54) is 12.8 Å². The summed E-state index contributed by atoms with van der Waals surface area (Å²) in [5.41, 5.74) is 0. The Kier molecular flexibility index (Phi) is 8.64. The Morgan fingerprint density at radius 2 is 2.07 bits per heavy atom. The third-order valence-corrected chi connectivity index (χ3v) is 2.10. The second-order valence-corrected chi connectivity index (χ2v) is 3.62. The van der Waals surface area contributed by atoms with Crippen LogP contribution in [0, 0.1) is 0 Å². The van der Waals surface area contributed by atoms with Gasteiger partial charge in [-0.1, -0.05) is 26.2 Å². The average Bonchev–Trinajstić information content (AvgIpc) is 2.13. The van der Waals surface area contributed by atoms with Gasteiger partial charge in [-0.2, -0.15) is 0 Å². The van der Waals surface area contributed by atoms with Crippen LogP contribution < -0.4 is 0 Å². The van der Waals surface area contributed by atoms with Crippen molar-refractivity contribution in [2.45, 2.75) is 58.5 Å². The number of carbonyl (C=O) groups excluding carboxylic acids is 1. The number of esters is 1. The molecule has 0 radical (unpaired) electrons. The molecule has 0 spiro atoms. The highest BCUT2D eigenvalue weighted by Crippen LogP contribution is 2.05. The smallest absolute Gasteiger partial charge is 0.306 e. The molecular weight excluding hydrogens is 180 g/mol. The minimum Gasteiger partial charge on any atom is -0.463 e. The van der Waals surface area contributed by atoms with Crippen LogP contribution in [0.2, 0.25) is 0 Å². The van der Waals surface area contributed by atoms with Crippen molar-refractivity contribution < 1.29 is 14.6 Å². The molecular formula is C11H22O3. The zero-order chi connectivity index (χ0) is 10.8. The second-order valence-electron chi connectivity index (χ2n) is 3.62. The lowest BCUT2D eigenvalue weighted by molar-refractivity contribution is -0.148. The van der Waals surface area contributed by atoms with Gasteiger partial charge >= 0.3 is 5.97 Å². The highest BCUT2D eigenvalue weighted by atomic mass is 16.5. The molecule has 1 N–H and O–H groups in total. The average molecular weight is 202 g/mol. The number of ether oxygens (including phenoxy) is 1. The molecule has 0 aliphatic rings. The van der Waals surface area contributed by atoms with Crippen molar-refractivity contribution in [1.29, 1.82) is 0 Å². The van der Waals surface area contributed by atoms with E-state index in [2.05, 4.69) is 6.92 Å². The van der Waals surface area contributed by atoms with E-state index < -0.39 is 0 Å². The second kappa shape index (κ2) is 9.00. The summed E-state index contributed by atoms with van der Waals surface area (Å²) in [6.45, 7) is 4.02. The fourth-order valence-electron chi connectivity index (χ4n) is 1.22. The molecule has 0 aromatic carbocycles. The SMILES string of the molecule is CCCCCCC(=O)OC(C)CCO. The molecule has 14 heavy (non-hydrogen) atoms. The molecule has 1 atom stereocenters. The zero-order valence-electron chi connectivity index (χ0n) is 9.29. The van der Waals surface area contributed by atoms with Crippen molar-refractivity contribution in [2.75, 3.05) is 6.61 Å². The van der Waals surface area contributed by atoms with Crippen molar-refractivity contribution >= 4 is 5.97 Å². The van der Waals surface area contributed by atoms with E-state index in [0.717, 1.165) is 12.8 Å². The largest absolute Gasteiger partial charge is 0.463 e. The fraction of sp³-hybridized carbons (Fsp3) is 0.909. The molecule has 1 unspecified atom stereocenters. The molecule has 0 bridgehead atoms. The van der Waals surface area contributed by atoms with Gasteiger partial charge in [0.1, 0.15) is 6.10 Å². The quantitative estimate of drug-likeness (QED) is 0.485. The summed E-state index contributed by atoms with van der Waals surface area (Å²) < 4.78 is 5.07. The highest BCUT2D eigenvalue weighted by molar-refractivity contribution is 5.69. The van der Waals surface area contributed by atoms with Crippen LogP contribution in [-0.2, 0) is 9.53 Å². The Hall–Kier alpha value is -0.570. The number of unbranched alkanes of at least 4 members (excludes halogenated alkanes) is 3. The number of rotatable bonds is 8. The van der Waals surface area contributed by atoms with Crippen molar-refractivity contribution in [3.63, 3.8) is 0 Å². The topological polar surface area (TPSA) is 46.5 Å². The Morgan fingerprint density at radius 3 is 2.64 bits per heavy atom. The molecule has 0 aliphatic carbocycles. The number of hydrogen-bond acceptors (Lipinski definition) is 3. The molecule has 0 saturated heterocycles. The van der Waals surface area contributed by atoms with Crippen LogP contribution in [-0.4, -0.2) is 23.8 Å². The standard InChI is InChI=1S/C11H22O3/c1-3-4-5-6-7-11(13)14-10(2)8-9-12/h10,12H,3-9H2,1-2H3. The summed E-state index contributed by atoms with van der Waals surface area (Å²) in [5, 5.41) is 8.60. The molecule has 0 amide bonds. The Bertz CT molecular complexity index is 145. The monoisotopic (exact) mass is 202 g/mol. The molecule has 3 nitrogen and oxygen atoms in total. The van der Waals surface area contributed by atoms with Crippen LogP contribution in [0.4, 0.5) is 0 Å². The highest BCUT2D eigenvalue weighted by Gasteiger charge is 2.07. The maximum absolute atomic E-state index is 11.2. The lowest BCUT2D eigenvalue weighted by Gasteiger charge is -2.11. The molecule has 0 aromatic rings. The molecule has 0 saturated carbocycles. The van der Waals surface area contributed by atoms with Crippen LogP contribution in [0.15, 0.2) is 0 Å². The van der Waals surface area contributed by atoms with E-state index >= 15 is 0 Å². The van der Waals surface area contributed by atoms with E-state index in [1.54, 1.807) is 6.92 Å². The van der Waals surface area contributed by atoms with Crippen molar-refractivity contribution in [2.24, 2.45) is 0 Å². The Labute approximate surface area is 86.5 Å². The van der Waals surface area contributed by atoms with Gasteiger partial charge in [-0.05, 0) is 13.3 Å². The van der Waals surface area contributed by atoms with Gasteiger partial charge in [0.05, 0.1) is 0 Å². The van der Waals surface area contributed by atoms with Gasteiger partial charge in [0, 0.05) is 19.4 Å². The number of aliphatic hydroxyl groups excluding tert-OH is 1. The first-order chi connectivity index (χ1) is 6.70. The normalized spacial score (nSPS) is 12.5. The summed E-state index contributed by atoms with van der Waals surface area (Å²) >= 11 is 0. The predicted octanol–water partition coefficient (Wildman–Crippen LogP) is 2.27. The van der Waals surface area contributed by atoms with Gasteiger partial charge in [0.25, 0.3) is 0 Å². The Morgan fingerprint density at radius 1 is 1.36 bits per heavy atom. The summed E-state index contributed by atoms with van der Waals surface area (Å²) in [5.74, 6) is -0.137. The maximum atomic E-state index is 11.2. The molecule has 0 heterocycles. The van der Waals surface area contributed by atoms with Crippen molar-refractivity contribution in [3.05, 3.63) is 0 Å². The van der Waals surface area contributed by atoms with E-state index in [1.807, 2.05) is 0 Å². The third kappa shape index (κ3) is 8.05. The van der Waals surface area contributed by atoms with Gasteiger partial charge in [0.2, 0.25) is 0 Å². The molecule has 0 fully saturated rings. The fourth-order valence-corrected chi connectivity index (χ4v) is 1.22. The van der Waals surface area contributed by atoms with Crippen LogP contribution in [0.1, 0.15) is 52.4 Å². The molecule has 0 rings (SSSR count). The van der Waals surface area contributed by atoms with Crippen molar-refractivity contribution in [1.82, 2.24) is 0 Å². The summed E-state index contributed by atoms with van der Waals surface area (Å²) in [4.78, 5) is 11.2. The summed E-state index contributed by atoms with van der Waals surface area (Å²) in [6.07, 6.45) is 5.25.